The average Bonchev–Trinajstić information content (AvgIpc) is 3.22. The van der Waals surface area contributed by atoms with Crippen LogP contribution in [0.3, 0.4) is 0 Å². The number of hydrogen-bond acceptors (Lipinski definition) is 6. The lowest BCUT2D eigenvalue weighted by molar-refractivity contribution is -0.384. The van der Waals surface area contributed by atoms with E-state index in [9.17, 15) is 22.9 Å². The Morgan fingerprint density at radius 2 is 1.89 bits per heavy atom. The molecule has 3 rings (SSSR count). The molecule has 0 saturated carbocycles. The fraction of sp³-hybridized carbons (Fsp3) is 0.278. The molecule has 1 saturated heterocycles. The van der Waals surface area contributed by atoms with Gasteiger partial charge in [0.2, 0.25) is 10.0 Å². The van der Waals surface area contributed by atoms with E-state index in [4.69, 9.17) is 0 Å². The number of nitrogens with zero attached hydrogens (tertiary/aromatic N) is 3. The van der Waals surface area contributed by atoms with Gasteiger partial charge in [-0.15, -0.1) is 0 Å². The third-order valence-corrected chi connectivity index (χ3v) is 6.37. The first-order valence-corrected chi connectivity index (χ1v) is 10.1. The van der Waals surface area contributed by atoms with Crippen LogP contribution in [0, 0.1) is 15.9 Å². The molecule has 0 aromatic heterocycles. The number of rotatable bonds is 6. The zero-order valence-corrected chi connectivity index (χ0v) is 15.9. The third-order valence-electron chi connectivity index (χ3n) is 4.48. The highest BCUT2D eigenvalue weighted by Gasteiger charge is 2.29. The summed E-state index contributed by atoms with van der Waals surface area (Å²) in [6.07, 6.45) is 1.54. The fourth-order valence-corrected chi connectivity index (χ4v) is 4.49. The van der Waals surface area contributed by atoms with Crippen molar-refractivity contribution in [2.75, 3.05) is 18.5 Å². The molecule has 1 aliphatic rings. The standard InChI is InChI=1S/C18H19FN4O4S/c1-13(15-6-2-3-7-16(15)19)20-21-17-9-8-14(12-18(17)23(24)25)28(26,27)22-10-4-5-11-22/h2-3,6-9,12,21H,4-5,10-11H2,1H3/b20-13-. The van der Waals surface area contributed by atoms with Gasteiger partial charge in [-0.2, -0.15) is 9.41 Å². The molecule has 148 valence electrons. The molecule has 1 N–H and O–H groups in total. The minimum absolute atomic E-state index is 0.0149. The van der Waals surface area contributed by atoms with Crippen molar-refractivity contribution in [3.05, 3.63) is 64.0 Å². The van der Waals surface area contributed by atoms with Crippen molar-refractivity contribution in [1.82, 2.24) is 4.31 Å². The number of nitrogens with one attached hydrogen (secondary N) is 1. The van der Waals surface area contributed by atoms with Crippen LogP contribution in [0.4, 0.5) is 15.8 Å². The van der Waals surface area contributed by atoms with Crippen molar-refractivity contribution < 1.29 is 17.7 Å². The van der Waals surface area contributed by atoms with E-state index in [0.29, 0.717) is 18.8 Å². The summed E-state index contributed by atoms with van der Waals surface area (Å²) in [6, 6.07) is 9.63. The van der Waals surface area contributed by atoms with E-state index in [0.717, 1.165) is 18.9 Å². The summed E-state index contributed by atoms with van der Waals surface area (Å²) in [6.45, 7) is 2.37. The topological polar surface area (TPSA) is 105 Å². The summed E-state index contributed by atoms with van der Waals surface area (Å²) in [5, 5.41) is 15.4. The first-order chi connectivity index (χ1) is 13.3. The fourth-order valence-electron chi connectivity index (χ4n) is 2.95. The number of nitro benzene ring substituents is 1. The van der Waals surface area contributed by atoms with Crippen molar-refractivity contribution >= 4 is 27.1 Å². The normalized spacial score (nSPS) is 15.6. The van der Waals surface area contributed by atoms with Gasteiger partial charge in [0.05, 0.1) is 15.5 Å². The van der Waals surface area contributed by atoms with Gasteiger partial charge in [0.1, 0.15) is 11.5 Å². The predicted octanol–water partition coefficient (Wildman–Crippen LogP) is 3.35. The van der Waals surface area contributed by atoms with E-state index >= 15 is 0 Å². The zero-order valence-electron chi connectivity index (χ0n) is 15.1. The lowest BCUT2D eigenvalue weighted by atomic mass is 10.1. The highest BCUT2D eigenvalue weighted by Crippen LogP contribution is 2.30. The Kier molecular flexibility index (Phi) is 5.71. The van der Waals surface area contributed by atoms with Crippen LogP contribution in [0.2, 0.25) is 0 Å². The van der Waals surface area contributed by atoms with Gasteiger partial charge >= 0.3 is 0 Å². The van der Waals surface area contributed by atoms with E-state index in [1.54, 1.807) is 19.1 Å². The highest BCUT2D eigenvalue weighted by molar-refractivity contribution is 7.89. The molecule has 0 unspecified atom stereocenters. The second-order valence-corrected chi connectivity index (χ2v) is 8.27. The molecule has 1 aliphatic heterocycles. The SMILES string of the molecule is C/C(=N/Nc1ccc(S(=O)(=O)N2CCCC2)cc1[N+](=O)[O-])c1ccccc1F. The largest absolute Gasteiger partial charge is 0.295 e. The number of halogens is 1. The van der Waals surface area contributed by atoms with E-state index in [1.165, 1.54) is 28.6 Å². The predicted molar refractivity (Wildman–Crippen MR) is 103 cm³/mol. The number of benzene rings is 2. The quantitative estimate of drug-likeness (QED) is 0.450. The van der Waals surface area contributed by atoms with Crippen LogP contribution < -0.4 is 5.43 Å². The van der Waals surface area contributed by atoms with Crippen LogP contribution in [0.25, 0.3) is 0 Å². The Morgan fingerprint density at radius 3 is 2.54 bits per heavy atom. The van der Waals surface area contributed by atoms with Crippen molar-refractivity contribution in [1.29, 1.82) is 0 Å². The van der Waals surface area contributed by atoms with Gasteiger partial charge in [-0.05, 0) is 38.0 Å². The highest BCUT2D eigenvalue weighted by atomic mass is 32.2. The maximum Gasteiger partial charge on any atom is 0.295 e. The summed E-state index contributed by atoms with van der Waals surface area (Å²) >= 11 is 0. The lowest BCUT2D eigenvalue weighted by Crippen LogP contribution is -2.27. The summed E-state index contributed by atoms with van der Waals surface area (Å²) in [5.41, 5.74) is 2.68. The molecule has 0 amide bonds. The number of hydrazone groups is 1. The maximum atomic E-state index is 13.8. The minimum atomic E-state index is -3.78. The average molecular weight is 406 g/mol. The van der Waals surface area contributed by atoms with Crippen LogP contribution in [0.15, 0.2) is 52.5 Å². The molecule has 8 nitrogen and oxygen atoms in total. The number of nitro groups is 1. The Bertz CT molecular complexity index is 1030. The van der Waals surface area contributed by atoms with Crippen LogP contribution in [0.5, 0.6) is 0 Å². The van der Waals surface area contributed by atoms with Crippen molar-refractivity contribution in [2.24, 2.45) is 5.10 Å². The van der Waals surface area contributed by atoms with Crippen molar-refractivity contribution in [2.45, 2.75) is 24.7 Å². The Hall–Kier alpha value is -2.85. The molecule has 0 bridgehead atoms. The molecule has 2 aromatic rings. The van der Waals surface area contributed by atoms with Gasteiger partial charge < -0.3 is 0 Å². The Balaban J connectivity index is 1.91. The molecule has 28 heavy (non-hydrogen) atoms. The molecule has 0 radical (unpaired) electrons. The maximum absolute atomic E-state index is 13.8. The van der Waals surface area contributed by atoms with Gasteiger partial charge in [-0.1, -0.05) is 18.2 Å². The van der Waals surface area contributed by atoms with E-state index < -0.39 is 26.5 Å². The van der Waals surface area contributed by atoms with Crippen LogP contribution in [-0.2, 0) is 10.0 Å². The van der Waals surface area contributed by atoms with Crippen LogP contribution in [-0.4, -0.2) is 36.4 Å². The Morgan fingerprint density at radius 1 is 1.21 bits per heavy atom. The van der Waals surface area contributed by atoms with E-state index in [-0.39, 0.29) is 16.1 Å². The Labute approximate surface area is 161 Å². The molecule has 0 atom stereocenters. The van der Waals surface area contributed by atoms with Gasteiger partial charge in [0, 0.05) is 24.7 Å². The first-order valence-electron chi connectivity index (χ1n) is 8.64. The zero-order chi connectivity index (χ0) is 20.3. The van der Waals surface area contributed by atoms with Gasteiger partial charge in [-0.3, -0.25) is 15.5 Å². The third kappa shape index (κ3) is 4.02. The van der Waals surface area contributed by atoms with Gasteiger partial charge in [-0.25, -0.2) is 12.8 Å². The summed E-state index contributed by atoms with van der Waals surface area (Å²) < 4.78 is 40.4. The number of anilines is 1. The minimum Gasteiger partial charge on any atom is -0.271 e. The van der Waals surface area contributed by atoms with E-state index in [2.05, 4.69) is 10.5 Å². The molecule has 0 aliphatic carbocycles. The van der Waals surface area contributed by atoms with Crippen LogP contribution >= 0.6 is 0 Å². The molecule has 1 fully saturated rings. The van der Waals surface area contributed by atoms with Crippen molar-refractivity contribution in [3.63, 3.8) is 0 Å². The molecular formula is C18H19FN4O4S. The number of hydrogen-bond donors (Lipinski definition) is 1. The van der Waals surface area contributed by atoms with Crippen molar-refractivity contribution in [3.8, 4) is 0 Å². The smallest absolute Gasteiger partial charge is 0.271 e. The van der Waals surface area contributed by atoms with Crippen LogP contribution in [0.1, 0.15) is 25.3 Å². The summed E-state index contributed by atoms with van der Waals surface area (Å²) in [5.74, 6) is -0.466. The second kappa shape index (κ2) is 8.03. The lowest BCUT2D eigenvalue weighted by Gasteiger charge is -2.15. The molecule has 2 aromatic carbocycles. The van der Waals surface area contributed by atoms with E-state index in [1.807, 2.05) is 0 Å². The first kappa shape index (κ1) is 19.9. The summed E-state index contributed by atoms with van der Waals surface area (Å²) in [4.78, 5) is 10.6. The monoisotopic (exact) mass is 406 g/mol. The molecule has 10 heteroatoms. The molecular weight excluding hydrogens is 387 g/mol. The summed E-state index contributed by atoms with van der Waals surface area (Å²) in [7, 11) is -3.78. The van der Waals surface area contributed by atoms with Gasteiger partial charge in [0.15, 0.2) is 0 Å². The second-order valence-electron chi connectivity index (χ2n) is 6.34. The molecule has 1 heterocycles. The number of sulfonamides is 1. The van der Waals surface area contributed by atoms with Gasteiger partial charge in [0.25, 0.3) is 5.69 Å². The molecule has 0 spiro atoms.